The molecule has 3 aromatic carbocycles. The Kier molecular flexibility index (Phi) is 7.40. The van der Waals surface area contributed by atoms with Gasteiger partial charge in [-0.25, -0.2) is 0 Å². The minimum atomic E-state index is -0.828. The number of rotatable bonds is 4. The zero-order valence-electron chi connectivity index (χ0n) is 16.2. The maximum absolute atomic E-state index is 13.4. The van der Waals surface area contributed by atoms with Crippen LogP contribution in [0, 0.1) is 0 Å². The van der Waals surface area contributed by atoms with Gasteiger partial charge in [0.2, 0.25) is 0 Å². The zero-order chi connectivity index (χ0) is 20.4. The third kappa shape index (κ3) is 4.48. The predicted octanol–water partition coefficient (Wildman–Crippen LogP) is 5.61. The smallest absolute Gasteiger partial charge is 0.271 e. The van der Waals surface area contributed by atoms with E-state index in [0.717, 1.165) is 22.4 Å². The molecule has 2 atom stereocenters. The molecule has 2 unspecified atom stereocenters. The van der Waals surface area contributed by atoms with Crippen molar-refractivity contribution >= 4 is 47.2 Å². The van der Waals surface area contributed by atoms with E-state index in [1.807, 2.05) is 66.7 Å². The first kappa shape index (κ1) is 22.6. The van der Waals surface area contributed by atoms with E-state index < -0.39 is 12.3 Å². The molecule has 1 N–H and O–H groups in total. The number of carbonyl (C=O) groups excluding carboxylic acids is 1. The molecule has 1 heterocycles. The van der Waals surface area contributed by atoms with Crippen LogP contribution in [0.4, 0.5) is 5.69 Å². The summed E-state index contributed by atoms with van der Waals surface area (Å²) < 4.78 is 6.24. The highest BCUT2D eigenvalue weighted by Gasteiger charge is 2.36. The highest BCUT2D eigenvalue weighted by molar-refractivity contribution is 6.31. The third-order valence-corrected chi connectivity index (χ3v) is 5.54. The highest BCUT2D eigenvalue weighted by atomic mass is 35.5. The van der Waals surface area contributed by atoms with E-state index in [9.17, 15) is 4.79 Å². The second-order valence-corrected chi connectivity index (χ2v) is 7.66. The number of amides is 1. The Hall–Kier alpha value is -2.08. The van der Waals surface area contributed by atoms with Gasteiger partial charge in [0, 0.05) is 21.2 Å². The van der Waals surface area contributed by atoms with Gasteiger partial charge >= 0.3 is 0 Å². The second-order valence-electron chi connectivity index (χ2n) is 6.82. The van der Waals surface area contributed by atoms with Crippen LogP contribution in [0.2, 0.25) is 10.0 Å². The minimum absolute atomic E-state index is 0. The van der Waals surface area contributed by atoms with Gasteiger partial charge in [-0.2, -0.15) is 0 Å². The molecule has 0 aromatic heterocycles. The lowest BCUT2D eigenvalue weighted by Gasteiger charge is -2.25. The van der Waals surface area contributed by atoms with Gasteiger partial charge in [0.1, 0.15) is 6.10 Å². The van der Waals surface area contributed by atoms with Gasteiger partial charge in [0.15, 0.2) is 6.23 Å². The molecule has 1 amide bonds. The maximum atomic E-state index is 13.4. The molecule has 0 radical (unpaired) electrons. The minimum Gasteiger partial charge on any atom is -0.341 e. The van der Waals surface area contributed by atoms with Crippen molar-refractivity contribution in [3.05, 3.63) is 99.5 Å². The summed E-state index contributed by atoms with van der Waals surface area (Å²) in [6, 6.07) is 22.8. The molecule has 0 spiro atoms. The number of benzene rings is 3. The molecule has 0 saturated carbocycles. The average molecular weight is 464 g/mol. The summed E-state index contributed by atoms with van der Waals surface area (Å²) in [6.45, 7) is 0.422. The molecular weight excluding hydrogens is 443 g/mol. The lowest BCUT2D eigenvalue weighted by Crippen LogP contribution is -2.45. The molecule has 7 heteroatoms. The summed E-state index contributed by atoms with van der Waals surface area (Å²) in [5, 5.41) is 4.13. The van der Waals surface area contributed by atoms with Gasteiger partial charge in [0.25, 0.3) is 5.91 Å². The molecule has 0 aliphatic carbocycles. The Morgan fingerprint density at radius 3 is 2.37 bits per heavy atom. The number of fused-ring (bicyclic) bond motifs is 1. The summed E-state index contributed by atoms with van der Waals surface area (Å²) in [7, 11) is 1.70. The van der Waals surface area contributed by atoms with Crippen molar-refractivity contribution in [2.75, 3.05) is 11.9 Å². The van der Waals surface area contributed by atoms with Crippen LogP contribution in [0.3, 0.4) is 0 Å². The van der Waals surface area contributed by atoms with E-state index >= 15 is 0 Å². The van der Waals surface area contributed by atoms with Crippen molar-refractivity contribution in [3.8, 4) is 0 Å². The summed E-state index contributed by atoms with van der Waals surface area (Å²) >= 11 is 12.8. The van der Waals surface area contributed by atoms with E-state index in [1.165, 1.54) is 0 Å². The maximum Gasteiger partial charge on any atom is 0.271 e. The van der Waals surface area contributed by atoms with Crippen molar-refractivity contribution in [2.45, 2.75) is 18.9 Å². The number of likely N-dealkylation sites (N-methyl/N-ethyl adjacent to an activating group) is 1. The molecule has 1 aliphatic heterocycles. The van der Waals surface area contributed by atoms with Crippen LogP contribution in [0.25, 0.3) is 0 Å². The van der Waals surface area contributed by atoms with Gasteiger partial charge in [-0.1, -0.05) is 71.7 Å². The van der Waals surface area contributed by atoms with Crippen LogP contribution in [0.5, 0.6) is 0 Å². The van der Waals surface area contributed by atoms with Gasteiger partial charge in [-0.3, -0.25) is 10.1 Å². The summed E-state index contributed by atoms with van der Waals surface area (Å²) in [5.41, 5.74) is 3.36. The lowest BCUT2D eigenvalue weighted by molar-refractivity contribution is -0.134. The standard InChI is InChI=1S/C23H20Cl2N2O2.ClH/c1-26-22-23(28)27(14-15-7-3-2-4-8-15)20-12-11-16(24)13-18(20)21(29-22)17-9-5-6-10-19(17)25;/h2-13,21-22,26H,14H2,1H3;1H. The quantitative estimate of drug-likeness (QED) is 0.546. The number of nitrogens with zero attached hydrogens (tertiary/aromatic N) is 1. The van der Waals surface area contributed by atoms with Crippen LogP contribution in [-0.4, -0.2) is 19.2 Å². The Morgan fingerprint density at radius 1 is 0.967 bits per heavy atom. The fourth-order valence-electron chi connectivity index (χ4n) is 3.56. The molecule has 30 heavy (non-hydrogen) atoms. The molecule has 0 bridgehead atoms. The molecular formula is C23H21Cl3N2O2. The van der Waals surface area contributed by atoms with E-state index in [-0.39, 0.29) is 18.3 Å². The number of halogens is 3. The molecule has 156 valence electrons. The van der Waals surface area contributed by atoms with Crippen molar-refractivity contribution < 1.29 is 9.53 Å². The van der Waals surface area contributed by atoms with Gasteiger partial charge in [-0.05, 0) is 36.9 Å². The Balaban J connectivity index is 0.00000256. The lowest BCUT2D eigenvalue weighted by atomic mass is 9.99. The molecule has 4 rings (SSSR count). The highest BCUT2D eigenvalue weighted by Crippen LogP contribution is 2.41. The average Bonchev–Trinajstić information content (AvgIpc) is 2.84. The second kappa shape index (κ2) is 9.82. The fourth-order valence-corrected chi connectivity index (χ4v) is 3.97. The van der Waals surface area contributed by atoms with Crippen LogP contribution in [0.15, 0.2) is 72.8 Å². The summed E-state index contributed by atoms with van der Waals surface area (Å²) in [4.78, 5) is 15.1. The molecule has 1 aliphatic rings. The zero-order valence-corrected chi connectivity index (χ0v) is 18.5. The van der Waals surface area contributed by atoms with E-state index in [4.69, 9.17) is 27.9 Å². The number of nitrogens with one attached hydrogen (secondary N) is 1. The van der Waals surface area contributed by atoms with Crippen molar-refractivity contribution in [1.82, 2.24) is 5.32 Å². The number of ether oxygens (including phenoxy) is 1. The first-order valence-electron chi connectivity index (χ1n) is 9.30. The van der Waals surface area contributed by atoms with Crippen molar-refractivity contribution in [1.29, 1.82) is 0 Å². The first-order valence-corrected chi connectivity index (χ1v) is 10.1. The first-order chi connectivity index (χ1) is 14.1. The topological polar surface area (TPSA) is 41.6 Å². The molecule has 0 saturated heterocycles. The Labute approximate surface area is 192 Å². The molecule has 4 nitrogen and oxygen atoms in total. The SMILES string of the molecule is CNC1OC(c2ccccc2Cl)c2cc(Cl)ccc2N(Cc2ccccc2)C1=O.Cl. The van der Waals surface area contributed by atoms with E-state index in [2.05, 4.69) is 5.32 Å². The summed E-state index contributed by atoms with van der Waals surface area (Å²) in [6.07, 6.45) is -1.37. The number of hydrogen-bond acceptors (Lipinski definition) is 3. The monoisotopic (exact) mass is 462 g/mol. The number of anilines is 1. The van der Waals surface area contributed by atoms with Crippen LogP contribution in [-0.2, 0) is 16.1 Å². The Morgan fingerprint density at radius 2 is 1.67 bits per heavy atom. The number of hydrogen-bond donors (Lipinski definition) is 1. The Bertz CT molecular complexity index is 1030. The number of carbonyl (C=O) groups is 1. The molecule has 0 fully saturated rings. The predicted molar refractivity (Wildman–Crippen MR) is 124 cm³/mol. The fraction of sp³-hybridized carbons (Fsp3) is 0.174. The van der Waals surface area contributed by atoms with Gasteiger partial charge < -0.3 is 9.64 Å². The van der Waals surface area contributed by atoms with E-state index in [0.29, 0.717) is 16.6 Å². The van der Waals surface area contributed by atoms with Crippen LogP contribution >= 0.6 is 35.6 Å². The normalized spacial score (nSPS) is 18.4. The van der Waals surface area contributed by atoms with Crippen LogP contribution in [0.1, 0.15) is 22.8 Å². The van der Waals surface area contributed by atoms with Crippen molar-refractivity contribution in [2.24, 2.45) is 0 Å². The largest absolute Gasteiger partial charge is 0.341 e. The van der Waals surface area contributed by atoms with Gasteiger partial charge in [-0.15, -0.1) is 12.4 Å². The third-order valence-electron chi connectivity index (χ3n) is 4.96. The molecule has 3 aromatic rings. The van der Waals surface area contributed by atoms with Gasteiger partial charge in [0.05, 0.1) is 12.2 Å². The van der Waals surface area contributed by atoms with Crippen molar-refractivity contribution in [3.63, 3.8) is 0 Å². The van der Waals surface area contributed by atoms with E-state index in [1.54, 1.807) is 18.0 Å². The van der Waals surface area contributed by atoms with Crippen LogP contribution < -0.4 is 10.2 Å². The summed E-state index contributed by atoms with van der Waals surface area (Å²) in [5.74, 6) is -0.172.